The van der Waals surface area contributed by atoms with Crippen molar-refractivity contribution in [2.24, 2.45) is 17.3 Å². The SMILES string of the molecule is CC(C)C(C#N)NC(=O)C1CC1(C)C. The Morgan fingerprint density at radius 1 is 1.57 bits per heavy atom. The molecule has 3 nitrogen and oxygen atoms in total. The number of nitrogens with one attached hydrogen (secondary N) is 1. The Morgan fingerprint density at radius 2 is 2.07 bits per heavy atom. The van der Waals surface area contributed by atoms with Crippen molar-refractivity contribution < 1.29 is 4.79 Å². The van der Waals surface area contributed by atoms with Crippen LogP contribution in [-0.2, 0) is 4.79 Å². The summed E-state index contributed by atoms with van der Waals surface area (Å²) in [5.74, 6) is 0.318. The summed E-state index contributed by atoms with van der Waals surface area (Å²) in [4.78, 5) is 11.6. The maximum atomic E-state index is 11.6. The van der Waals surface area contributed by atoms with Crippen molar-refractivity contribution in [1.29, 1.82) is 5.26 Å². The molecule has 0 heterocycles. The first-order valence-corrected chi connectivity index (χ1v) is 5.08. The van der Waals surface area contributed by atoms with E-state index in [9.17, 15) is 4.79 Å². The average molecular weight is 194 g/mol. The van der Waals surface area contributed by atoms with E-state index in [2.05, 4.69) is 25.2 Å². The van der Waals surface area contributed by atoms with Gasteiger partial charge in [-0.1, -0.05) is 27.7 Å². The van der Waals surface area contributed by atoms with Crippen LogP contribution in [0, 0.1) is 28.6 Å². The van der Waals surface area contributed by atoms with E-state index in [1.165, 1.54) is 0 Å². The molecule has 1 aliphatic rings. The molecule has 2 unspecified atom stereocenters. The molecule has 0 spiro atoms. The summed E-state index contributed by atoms with van der Waals surface area (Å²) >= 11 is 0. The topological polar surface area (TPSA) is 52.9 Å². The van der Waals surface area contributed by atoms with Crippen LogP contribution in [0.25, 0.3) is 0 Å². The summed E-state index contributed by atoms with van der Waals surface area (Å²) in [7, 11) is 0. The fourth-order valence-electron chi connectivity index (χ4n) is 1.52. The fourth-order valence-corrected chi connectivity index (χ4v) is 1.52. The molecule has 0 aromatic rings. The molecule has 1 N–H and O–H groups in total. The van der Waals surface area contributed by atoms with Crippen LogP contribution in [0.3, 0.4) is 0 Å². The maximum absolute atomic E-state index is 11.6. The third kappa shape index (κ3) is 2.25. The molecule has 0 saturated heterocycles. The second-order valence-corrected chi connectivity index (χ2v) is 5.10. The number of nitriles is 1. The van der Waals surface area contributed by atoms with Crippen molar-refractivity contribution in [3.8, 4) is 6.07 Å². The van der Waals surface area contributed by atoms with E-state index in [0.29, 0.717) is 0 Å². The van der Waals surface area contributed by atoms with Gasteiger partial charge in [-0.25, -0.2) is 0 Å². The predicted molar refractivity (Wildman–Crippen MR) is 54.3 cm³/mol. The zero-order valence-electron chi connectivity index (χ0n) is 9.29. The van der Waals surface area contributed by atoms with Gasteiger partial charge in [0.05, 0.1) is 6.07 Å². The van der Waals surface area contributed by atoms with E-state index in [1.54, 1.807) is 0 Å². The number of carbonyl (C=O) groups excluding carboxylic acids is 1. The lowest BCUT2D eigenvalue weighted by atomic mass is 10.0. The average Bonchev–Trinajstić information content (AvgIpc) is 2.70. The van der Waals surface area contributed by atoms with Gasteiger partial charge in [0, 0.05) is 5.92 Å². The molecule has 2 atom stereocenters. The molecule has 0 aromatic heterocycles. The standard InChI is InChI=1S/C11H18N2O/c1-7(2)9(6-12)13-10(14)8-5-11(8,3)4/h7-9H,5H2,1-4H3,(H,13,14). The highest BCUT2D eigenvalue weighted by atomic mass is 16.2. The van der Waals surface area contributed by atoms with Crippen LogP contribution in [0.5, 0.6) is 0 Å². The third-order valence-corrected chi connectivity index (χ3v) is 2.93. The number of hydrogen-bond donors (Lipinski definition) is 1. The van der Waals surface area contributed by atoms with Crippen LogP contribution in [0.4, 0.5) is 0 Å². The quantitative estimate of drug-likeness (QED) is 0.743. The Labute approximate surface area is 85.5 Å². The summed E-state index contributed by atoms with van der Waals surface area (Å²) in [5, 5.41) is 11.6. The van der Waals surface area contributed by atoms with Crippen LogP contribution in [0.15, 0.2) is 0 Å². The van der Waals surface area contributed by atoms with E-state index in [1.807, 2.05) is 13.8 Å². The van der Waals surface area contributed by atoms with Gasteiger partial charge in [0.1, 0.15) is 6.04 Å². The minimum atomic E-state index is -0.348. The zero-order valence-corrected chi connectivity index (χ0v) is 9.29. The molecule has 1 rings (SSSR count). The van der Waals surface area contributed by atoms with Gasteiger partial charge in [0.15, 0.2) is 0 Å². The minimum absolute atomic E-state index is 0.0373. The number of rotatable bonds is 3. The molecule has 0 bridgehead atoms. The maximum Gasteiger partial charge on any atom is 0.224 e. The summed E-state index contributed by atoms with van der Waals surface area (Å²) in [6.07, 6.45) is 0.940. The Balaban J connectivity index is 2.46. The van der Waals surface area contributed by atoms with Crippen LogP contribution >= 0.6 is 0 Å². The molecule has 14 heavy (non-hydrogen) atoms. The van der Waals surface area contributed by atoms with Gasteiger partial charge in [-0.2, -0.15) is 5.26 Å². The highest BCUT2D eigenvalue weighted by Crippen LogP contribution is 2.51. The Hall–Kier alpha value is -1.04. The third-order valence-electron chi connectivity index (χ3n) is 2.93. The van der Waals surface area contributed by atoms with Gasteiger partial charge >= 0.3 is 0 Å². The van der Waals surface area contributed by atoms with Gasteiger partial charge in [-0.15, -0.1) is 0 Å². The van der Waals surface area contributed by atoms with Gasteiger partial charge in [0.2, 0.25) is 5.91 Å². The molecule has 1 saturated carbocycles. The van der Waals surface area contributed by atoms with Crippen molar-refractivity contribution >= 4 is 5.91 Å². The van der Waals surface area contributed by atoms with Crippen LogP contribution < -0.4 is 5.32 Å². The van der Waals surface area contributed by atoms with Crippen molar-refractivity contribution in [3.05, 3.63) is 0 Å². The molecule has 1 fully saturated rings. The molecule has 1 aliphatic carbocycles. The number of nitrogens with zero attached hydrogens (tertiary/aromatic N) is 1. The van der Waals surface area contributed by atoms with E-state index >= 15 is 0 Å². The van der Waals surface area contributed by atoms with Crippen LogP contribution in [-0.4, -0.2) is 11.9 Å². The second-order valence-electron chi connectivity index (χ2n) is 5.10. The molecular weight excluding hydrogens is 176 g/mol. The minimum Gasteiger partial charge on any atom is -0.340 e. The highest BCUT2D eigenvalue weighted by molar-refractivity contribution is 5.82. The van der Waals surface area contributed by atoms with Crippen LogP contribution in [0.2, 0.25) is 0 Å². The first-order chi connectivity index (χ1) is 6.38. The zero-order chi connectivity index (χ0) is 10.9. The summed E-state index contributed by atoms with van der Waals surface area (Å²) in [6.45, 7) is 8.03. The highest BCUT2D eigenvalue weighted by Gasteiger charge is 2.50. The van der Waals surface area contributed by atoms with E-state index in [4.69, 9.17) is 5.26 Å². The van der Waals surface area contributed by atoms with Crippen molar-refractivity contribution in [2.75, 3.05) is 0 Å². The first-order valence-electron chi connectivity index (χ1n) is 5.08. The molecule has 78 valence electrons. The second kappa shape index (κ2) is 3.61. The van der Waals surface area contributed by atoms with Crippen molar-refractivity contribution in [3.63, 3.8) is 0 Å². The molecular formula is C11H18N2O. The molecule has 3 heteroatoms. The van der Waals surface area contributed by atoms with Gasteiger partial charge in [-0.3, -0.25) is 4.79 Å². The monoisotopic (exact) mass is 194 g/mol. The van der Waals surface area contributed by atoms with Crippen molar-refractivity contribution in [2.45, 2.75) is 40.2 Å². The Bertz CT molecular complexity index is 276. The Kier molecular flexibility index (Phi) is 2.84. The lowest BCUT2D eigenvalue weighted by molar-refractivity contribution is -0.123. The Morgan fingerprint density at radius 3 is 2.36 bits per heavy atom. The smallest absolute Gasteiger partial charge is 0.224 e. The van der Waals surface area contributed by atoms with E-state index in [-0.39, 0.29) is 29.2 Å². The summed E-state index contributed by atoms with van der Waals surface area (Å²) < 4.78 is 0. The van der Waals surface area contributed by atoms with Gasteiger partial charge < -0.3 is 5.32 Å². The predicted octanol–water partition coefficient (Wildman–Crippen LogP) is 1.70. The molecule has 0 aliphatic heterocycles. The van der Waals surface area contributed by atoms with Crippen molar-refractivity contribution in [1.82, 2.24) is 5.32 Å². The summed E-state index contributed by atoms with van der Waals surface area (Å²) in [5.41, 5.74) is 0.140. The number of amides is 1. The van der Waals surface area contributed by atoms with E-state index in [0.717, 1.165) is 6.42 Å². The lowest BCUT2D eigenvalue weighted by Gasteiger charge is -2.15. The molecule has 0 aromatic carbocycles. The van der Waals surface area contributed by atoms with Gasteiger partial charge in [0.25, 0.3) is 0 Å². The van der Waals surface area contributed by atoms with E-state index < -0.39 is 0 Å². The largest absolute Gasteiger partial charge is 0.340 e. The molecule has 0 radical (unpaired) electrons. The number of carbonyl (C=O) groups is 1. The lowest BCUT2D eigenvalue weighted by Crippen LogP contribution is -2.38. The van der Waals surface area contributed by atoms with Gasteiger partial charge in [-0.05, 0) is 17.8 Å². The normalized spacial score (nSPS) is 25.3. The van der Waals surface area contributed by atoms with Crippen LogP contribution in [0.1, 0.15) is 34.1 Å². The number of hydrogen-bond acceptors (Lipinski definition) is 2. The molecule has 1 amide bonds. The first kappa shape index (κ1) is 11.0. The summed E-state index contributed by atoms with van der Waals surface area (Å²) in [6, 6.07) is 1.76. The fraction of sp³-hybridized carbons (Fsp3) is 0.818.